The molecule has 4 aromatic rings. The first-order valence-corrected chi connectivity index (χ1v) is 10.8. The van der Waals surface area contributed by atoms with Crippen LogP contribution in [0.4, 0.5) is 0 Å². The van der Waals surface area contributed by atoms with Gasteiger partial charge >= 0.3 is 0 Å². The monoisotopic (exact) mass is 407 g/mol. The predicted molar refractivity (Wildman–Crippen MR) is 121 cm³/mol. The van der Waals surface area contributed by atoms with Crippen LogP contribution < -0.4 is 10.3 Å². The van der Waals surface area contributed by atoms with Gasteiger partial charge in [-0.25, -0.2) is 9.55 Å². The van der Waals surface area contributed by atoms with Crippen molar-refractivity contribution < 1.29 is 4.74 Å². The van der Waals surface area contributed by atoms with Gasteiger partial charge in [0.05, 0.1) is 12.8 Å². The van der Waals surface area contributed by atoms with E-state index in [2.05, 4.69) is 18.8 Å². The lowest BCUT2D eigenvalue weighted by Gasteiger charge is -2.16. The third-order valence-electron chi connectivity index (χ3n) is 5.00. The molecule has 2 aromatic carbocycles. The predicted octanol–water partition coefficient (Wildman–Crippen LogP) is 5.32. The first-order valence-electron chi connectivity index (χ1n) is 9.81. The molecular weight excluding hydrogens is 382 g/mol. The van der Waals surface area contributed by atoms with Gasteiger partial charge < -0.3 is 9.72 Å². The van der Waals surface area contributed by atoms with Crippen molar-refractivity contribution in [1.82, 2.24) is 14.5 Å². The Balaban J connectivity index is 2.00. The summed E-state index contributed by atoms with van der Waals surface area (Å²) in [7, 11) is 1.62. The van der Waals surface area contributed by atoms with Crippen molar-refractivity contribution in [3.63, 3.8) is 0 Å². The number of hydrogen-bond donors (Lipinski definition) is 1. The quantitative estimate of drug-likeness (QED) is 0.347. The largest absolute Gasteiger partial charge is 0.495 e. The molecule has 0 amide bonds. The Hall–Kier alpha value is -2.73. The zero-order chi connectivity index (χ0) is 20.5. The number of rotatable bonds is 6. The third-order valence-corrected chi connectivity index (χ3v) is 5.97. The number of fused-ring (bicyclic) bond motifs is 3. The first kappa shape index (κ1) is 19.6. The molecule has 29 heavy (non-hydrogen) atoms. The Morgan fingerprint density at radius 1 is 1.21 bits per heavy atom. The Labute approximate surface area is 174 Å². The van der Waals surface area contributed by atoms with E-state index >= 15 is 0 Å². The van der Waals surface area contributed by atoms with E-state index in [9.17, 15) is 4.79 Å². The molecular formula is C23H25N3O2S. The zero-order valence-electron chi connectivity index (χ0n) is 17.2. The van der Waals surface area contributed by atoms with Gasteiger partial charge in [-0.15, -0.1) is 0 Å². The van der Waals surface area contributed by atoms with Gasteiger partial charge in [0, 0.05) is 16.7 Å². The lowest BCUT2D eigenvalue weighted by atomic mass is 10.2. The highest BCUT2D eigenvalue weighted by Gasteiger charge is 2.19. The number of aryl methyl sites for hydroxylation is 1. The number of methoxy groups -OCH3 is 1. The molecule has 0 spiro atoms. The van der Waals surface area contributed by atoms with Crippen molar-refractivity contribution in [2.75, 3.05) is 12.9 Å². The van der Waals surface area contributed by atoms with Crippen LogP contribution in [-0.4, -0.2) is 27.4 Å². The maximum atomic E-state index is 13.6. The fraction of sp³-hybridized carbons (Fsp3) is 0.304. The molecule has 5 nitrogen and oxygen atoms in total. The number of aromatic nitrogens is 3. The summed E-state index contributed by atoms with van der Waals surface area (Å²) in [5.74, 6) is 2.14. The molecule has 0 bridgehead atoms. The molecule has 150 valence electrons. The van der Waals surface area contributed by atoms with Crippen LogP contribution in [0, 0.1) is 12.8 Å². The van der Waals surface area contributed by atoms with Crippen molar-refractivity contribution in [3.05, 3.63) is 58.4 Å². The molecule has 0 aliphatic heterocycles. The molecule has 0 saturated carbocycles. The SMILES string of the molecule is COc1ccc(C)cc1-n1c(SCCC(C)C)nc2c([nH]c3ccccc32)c1=O. The number of thioether (sulfide) groups is 1. The van der Waals surface area contributed by atoms with Gasteiger partial charge in [0.25, 0.3) is 5.56 Å². The van der Waals surface area contributed by atoms with Crippen LogP contribution in [0.2, 0.25) is 0 Å². The van der Waals surface area contributed by atoms with Gasteiger partial charge in [-0.1, -0.05) is 49.9 Å². The number of benzene rings is 2. The smallest absolute Gasteiger partial charge is 0.283 e. The first-order chi connectivity index (χ1) is 14.0. The van der Waals surface area contributed by atoms with Crippen LogP contribution in [0.15, 0.2) is 52.4 Å². The lowest BCUT2D eigenvalue weighted by molar-refractivity contribution is 0.411. The summed E-state index contributed by atoms with van der Waals surface area (Å²) < 4.78 is 7.26. The van der Waals surface area contributed by atoms with Gasteiger partial charge in [-0.05, 0) is 43.0 Å². The Morgan fingerprint density at radius 2 is 2.00 bits per heavy atom. The number of nitrogens with one attached hydrogen (secondary N) is 1. The highest BCUT2D eigenvalue weighted by Crippen LogP contribution is 2.30. The normalized spacial score (nSPS) is 11.6. The summed E-state index contributed by atoms with van der Waals surface area (Å²) in [6.45, 7) is 6.41. The standard InChI is InChI=1S/C23H25N3O2S/c1-14(2)11-12-29-23-25-20-16-7-5-6-8-17(16)24-21(20)22(27)26(23)18-13-15(3)9-10-19(18)28-4/h5-10,13-14,24H,11-12H2,1-4H3. The number of nitrogens with zero attached hydrogens (tertiary/aromatic N) is 2. The molecule has 0 saturated heterocycles. The number of para-hydroxylation sites is 1. The summed E-state index contributed by atoms with van der Waals surface area (Å²) in [6.07, 6.45) is 1.05. The highest BCUT2D eigenvalue weighted by molar-refractivity contribution is 7.99. The summed E-state index contributed by atoms with van der Waals surface area (Å²) in [4.78, 5) is 21.8. The summed E-state index contributed by atoms with van der Waals surface area (Å²) in [5.41, 5.74) is 3.82. The topological polar surface area (TPSA) is 59.9 Å². The van der Waals surface area contributed by atoms with Gasteiger partial charge in [0.15, 0.2) is 5.16 Å². The maximum Gasteiger partial charge on any atom is 0.283 e. The molecule has 6 heteroatoms. The molecule has 0 fully saturated rings. The minimum atomic E-state index is -0.109. The number of H-pyrrole nitrogens is 1. The second-order valence-electron chi connectivity index (χ2n) is 7.64. The molecule has 0 aliphatic carbocycles. The van der Waals surface area contributed by atoms with Crippen LogP contribution >= 0.6 is 11.8 Å². The van der Waals surface area contributed by atoms with Crippen molar-refractivity contribution in [2.24, 2.45) is 5.92 Å². The van der Waals surface area contributed by atoms with Gasteiger partial charge in [-0.2, -0.15) is 0 Å². The van der Waals surface area contributed by atoms with Crippen LogP contribution in [0.1, 0.15) is 25.8 Å². The number of aromatic amines is 1. The van der Waals surface area contributed by atoms with E-state index < -0.39 is 0 Å². The molecule has 4 rings (SSSR count). The summed E-state index contributed by atoms with van der Waals surface area (Å²) in [5, 5.41) is 1.66. The average molecular weight is 408 g/mol. The zero-order valence-corrected chi connectivity index (χ0v) is 18.0. The van der Waals surface area contributed by atoms with E-state index in [1.807, 2.05) is 49.4 Å². The molecule has 2 aromatic heterocycles. The fourth-order valence-corrected chi connectivity index (χ4v) is 4.65. The second kappa shape index (κ2) is 7.95. The van der Waals surface area contributed by atoms with Crippen LogP contribution in [0.25, 0.3) is 27.6 Å². The Kier molecular flexibility index (Phi) is 5.37. The third kappa shape index (κ3) is 3.65. The highest BCUT2D eigenvalue weighted by atomic mass is 32.2. The minimum Gasteiger partial charge on any atom is -0.495 e. The van der Waals surface area contributed by atoms with Gasteiger partial charge in [0.2, 0.25) is 0 Å². The average Bonchev–Trinajstić information content (AvgIpc) is 3.07. The van der Waals surface area contributed by atoms with E-state index in [1.165, 1.54) is 0 Å². The molecule has 0 radical (unpaired) electrons. The fourth-order valence-electron chi connectivity index (χ4n) is 3.41. The number of hydrogen-bond acceptors (Lipinski definition) is 4. The molecule has 0 aliphatic rings. The van der Waals surface area contributed by atoms with Crippen molar-refractivity contribution in [2.45, 2.75) is 32.3 Å². The Bertz CT molecular complexity index is 1240. The van der Waals surface area contributed by atoms with E-state index in [1.54, 1.807) is 23.4 Å². The van der Waals surface area contributed by atoms with E-state index in [4.69, 9.17) is 9.72 Å². The summed E-state index contributed by atoms with van der Waals surface area (Å²) in [6, 6.07) is 13.8. The molecule has 0 atom stereocenters. The molecule has 2 heterocycles. The second-order valence-corrected chi connectivity index (χ2v) is 8.70. The number of ether oxygens (including phenoxy) is 1. The maximum absolute atomic E-state index is 13.6. The van der Waals surface area contributed by atoms with E-state index in [0.717, 1.165) is 39.8 Å². The lowest BCUT2D eigenvalue weighted by Crippen LogP contribution is -2.22. The van der Waals surface area contributed by atoms with Crippen molar-refractivity contribution in [1.29, 1.82) is 0 Å². The molecule has 0 unspecified atom stereocenters. The summed E-state index contributed by atoms with van der Waals surface area (Å²) >= 11 is 1.62. The van der Waals surface area contributed by atoms with Crippen LogP contribution in [-0.2, 0) is 0 Å². The van der Waals surface area contributed by atoms with Crippen molar-refractivity contribution in [3.8, 4) is 11.4 Å². The van der Waals surface area contributed by atoms with Gasteiger partial charge in [-0.3, -0.25) is 4.79 Å². The van der Waals surface area contributed by atoms with Crippen LogP contribution in [0.3, 0.4) is 0 Å². The Morgan fingerprint density at radius 3 is 2.76 bits per heavy atom. The minimum absolute atomic E-state index is 0.109. The van der Waals surface area contributed by atoms with Gasteiger partial charge in [0.1, 0.15) is 16.8 Å². The van der Waals surface area contributed by atoms with E-state index in [-0.39, 0.29) is 5.56 Å². The van der Waals surface area contributed by atoms with Crippen molar-refractivity contribution >= 4 is 33.7 Å². The van der Waals surface area contributed by atoms with Crippen LogP contribution in [0.5, 0.6) is 5.75 Å². The molecule has 1 N–H and O–H groups in total. The van der Waals surface area contributed by atoms with E-state index in [0.29, 0.717) is 22.3 Å².